The molecule has 0 radical (unpaired) electrons. The van der Waals surface area contributed by atoms with Crippen LogP contribution < -0.4 is 0 Å². The molecule has 0 bridgehead atoms. The van der Waals surface area contributed by atoms with Crippen molar-refractivity contribution < 1.29 is 19.4 Å². The third kappa shape index (κ3) is 7.04. The van der Waals surface area contributed by atoms with Crippen LogP contribution in [0.2, 0.25) is 0 Å². The van der Waals surface area contributed by atoms with Crippen LogP contribution in [0.15, 0.2) is 38.0 Å². The summed E-state index contributed by atoms with van der Waals surface area (Å²) in [6.45, 7) is 12.1. The van der Waals surface area contributed by atoms with Crippen LogP contribution in [-0.2, 0) is 14.3 Å². The normalized spacial score (nSPS) is 13.3. The number of rotatable bonds is 11. The van der Waals surface area contributed by atoms with E-state index in [0.717, 1.165) is 0 Å². The Labute approximate surface area is 120 Å². The molecule has 4 nitrogen and oxygen atoms in total. The first-order valence-corrected chi connectivity index (χ1v) is 6.71. The second-order valence-electron chi connectivity index (χ2n) is 4.65. The number of aliphatic hydroxyl groups is 1. The van der Waals surface area contributed by atoms with E-state index in [0.29, 0.717) is 25.7 Å². The van der Waals surface area contributed by atoms with Crippen molar-refractivity contribution in [1.82, 2.24) is 0 Å². The molecule has 0 aliphatic carbocycles. The molecule has 0 aliphatic heterocycles. The number of aliphatic hydroxyl groups excluding tert-OH is 1. The molecule has 4 heteroatoms. The summed E-state index contributed by atoms with van der Waals surface area (Å²) in [5.41, 5.74) is 0. The number of ketones is 1. The maximum absolute atomic E-state index is 12.0. The summed E-state index contributed by atoms with van der Waals surface area (Å²) < 4.78 is 5.16. The van der Waals surface area contributed by atoms with Crippen LogP contribution in [-0.4, -0.2) is 29.1 Å². The second-order valence-corrected chi connectivity index (χ2v) is 4.65. The van der Waals surface area contributed by atoms with Gasteiger partial charge in [0.05, 0.1) is 12.0 Å². The monoisotopic (exact) mass is 280 g/mol. The quantitative estimate of drug-likeness (QED) is 0.359. The van der Waals surface area contributed by atoms with Crippen LogP contribution in [0.4, 0.5) is 0 Å². The zero-order chi connectivity index (χ0) is 15.5. The molecule has 0 aromatic rings. The maximum Gasteiger partial charge on any atom is 0.312 e. The Balaban J connectivity index is 4.50. The average Bonchev–Trinajstić information content (AvgIpc) is 2.43. The second kappa shape index (κ2) is 10.1. The fourth-order valence-electron chi connectivity index (χ4n) is 1.74. The average molecular weight is 280 g/mol. The Morgan fingerprint density at radius 1 is 1.15 bits per heavy atom. The molecule has 0 aromatic heterocycles. The molecule has 112 valence electrons. The van der Waals surface area contributed by atoms with Crippen LogP contribution in [0, 0.1) is 5.92 Å². The fraction of sp³-hybridized carbons (Fsp3) is 0.500. The first-order chi connectivity index (χ1) is 9.46. The number of carbonyl (C=O) groups excluding carboxylic acids is 2. The van der Waals surface area contributed by atoms with Gasteiger partial charge in [-0.15, -0.1) is 6.58 Å². The minimum atomic E-state index is -0.963. The highest BCUT2D eigenvalue weighted by atomic mass is 16.5. The minimum Gasteiger partial charge on any atom is -0.454 e. The number of ether oxygens (including phenoxy) is 1. The predicted molar refractivity (Wildman–Crippen MR) is 79.1 cm³/mol. The standard InChI is InChI=1S/C16H24O4/c1-5-13(6-2)20-16(19)14(15(18)7-3)11-9-8-10-12(4)17/h5-7,13-15,18H,1-3,8-11H2,4H3. The van der Waals surface area contributed by atoms with E-state index in [4.69, 9.17) is 4.74 Å². The summed E-state index contributed by atoms with van der Waals surface area (Å²) in [5.74, 6) is -1.07. The largest absolute Gasteiger partial charge is 0.454 e. The number of Topliss-reactive ketones (excluding diaryl/α,β-unsaturated/α-hetero) is 1. The molecule has 0 heterocycles. The van der Waals surface area contributed by atoms with Gasteiger partial charge in [0.15, 0.2) is 0 Å². The van der Waals surface area contributed by atoms with Crippen molar-refractivity contribution in [2.45, 2.75) is 44.8 Å². The van der Waals surface area contributed by atoms with E-state index in [1.165, 1.54) is 25.2 Å². The van der Waals surface area contributed by atoms with Gasteiger partial charge in [0.25, 0.3) is 0 Å². The molecule has 0 saturated carbocycles. The number of hydrogen-bond donors (Lipinski definition) is 1. The first kappa shape index (κ1) is 18.3. The van der Waals surface area contributed by atoms with E-state index in [1.807, 2.05) is 0 Å². The first-order valence-electron chi connectivity index (χ1n) is 6.71. The Bertz CT molecular complexity index is 351. The van der Waals surface area contributed by atoms with Crippen molar-refractivity contribution in [2.24, 2.45) is 5.92 Å². The van der Waals surface area contributed by atoms with Gasteiger partial charge in [-0.05, 0) is 31.9 Å². The number of esters is 1. The molecule has 0 aliphatic rings. The minimum absolute atomic E-state index is 0.117. The van der Waals surface area contributed by atoms with E-state index in [-0.39, 0.29) is 5.78 Å². The number of carbonyl (C=O) groups is 2. The van der Waals surface area contributed by atoms with Gasteiger partial charge in [-0.2, -0.15) is 0 Å². The number of hydrogen-bond acceptors (Lipinski definition) is 4. The summed E-state index contributed by atoms with van der Waals surface area (Å²) in [7, 11) is 0. The lowest BCUT2D eigenvalue weighted by atomic mass is 9.95. The lowest BCUT2D eigenvalue weighted by molar-refractivity contribution is -0.153. The molecular formula is C16H24O4. The molecule has 1 N–H and O–H groups in total. The SMILES string of the molecule is C=CC(C=C)OC(=O)C(CCCCC(C)=O)C(O)C=C. The molecule has 0 saturated heterocycles. The Morgan fingerprint density at radius 3 is 2.20 bits per heavy atom. The van der Waals surface area contributed by atoms with Gasteiger partial charge in [-0.1, -0.05) is 25.7 Å². The van der Waals surface area contributed by atoms with E-state index in [9.17, 15) is 14.7 Å². The molecule has 0 spiro atoms. The van der Waals surface area contributed by atoms with E-state index in [2.05, 4.69) is 19.7 Å². The van der Waals surface area contributed by atoms with Crippen molar-refractivity contribution >= 4 is 11.8 Å². The van der Waals surface area contributed by atoms with Crippen LogP contribution >= 0.6 is 0 Å². The summed E-state index contributed by atoms with van der Waals surface area (Å²) in [5, 5.41) is 9.82. The van der Waals surface area contributed by atoms with Gasteiger partial charge < -0.3 is 14.6 Å². The lowest BCUT2D eigenvalue weighted by Crippen LogP contribution is -2.30. The summed E-state index contributed by atoms with van der Waals surface area (Å²) >= 11 is 0. The van der Waals surface area contributed by atoms with Crippen molar-refractivity contribution in [1.29, 1.82) is 0 Å². The Morgan fingerprint density at radius 2 is 1.75 bits per heavy atom. The zero-order valence-electron chi connectivity index (χ0n) is 12.1. The van der Waals surface area contributed by atoms with Crippen LogP contribution in [0.1, 0.15) is 32.6 Å². The summed E-state index contributed by atoms with van der Waals surface area (Å²) in [6, 6.07) is 0. The molecule has 0 amide bonds. The highest BCUT2D eigenvalue weighted by Crippen LogP contribution is 2.18. The highest BCUT2D eigenvalue weighted by molar-refractivity contribution is 5.75. The van der Waals surface area contributed by atoms with Crippen molar-refractivity contribution in [3.63, 3.8) is 0 Å². The topological polar surface area (TPSA) is 63.6 Å². The third-order valence-electron chi connectivity index (χ3n) is 2.97. The van der Waals surface area contributed by atoms with Gasteiger partial charge in [0.2, 0.25) is 0 Å². The van der Waals surface area contributed by atoms with Gasteiger partial charge in [-0.3, -0.25) is 4.79 Å². The third-order valence-corrected chi connectivity index (χ3v) is 2.97. The van der Waals surface area contributed by atoms with Crippen molar-refractivity contribution in [3.8, 4) is 0 Å². The van der Waals surface area contributed by atoms with E-state index < -0.39 is 24.1 Å². The molecule has 20 heavy (non-hydrogen) atoms. The summed E-state index contributed by atoms with van der Waals surface area (Å²) in [6.07, 6.45) is 4.97. The maximum atomic E-state index is 12.0. The van der Waals surface area contributed by atoms with Gasteiger partial charge in [-0.25, -0.2) is 0 Å². The van der Waals surface area contributed by atoms with Gasteiger partial charge in [0, 0.05) is 6.42 Å². The van der Waals surface area contributed by atoms with Crippen LogP contribution in [0.5, 0.6) is 0 Å². The van der Waals surface area contributed by atoms with E-state index >= 15 is 0 Å². The van der Waals surface area contributed by atoms with Gasteiger partial charge >= 0.3 is 5.97 Å². The van der Waals surface area contributed by atoms with Gasteiger partial charge in [0.1, 0.15) is 11.9 Å². The smallest absolute Gasteiger partial charge is 0.312 e. The van der Waals surface area contributed by atoms with Crippen molar-refractivity contribution in [2.75, 3.05) is 0 Å². The lowest BCUT2D eigenvalue weighted by Gasteiger charge is -2.20. The van der Waals surface area contributed by atoms with E-state index in [1.54, 1.807) is 0 Å². The van der Waals surface area contributed by atoms with Crippen LogP contribution in [0.3, 0.4) is 0 Å². The van der Waals surface area contributed by atoms with Crippen molar-refractivity contribution in [3.05, 3.63) is 38.0 Å². The fourth-order valence-corrected chi connectivity index (χ4v) is 1.74. The molecule has 0 aromatic carbocycles. The highest BCUT2D eigenvalue weighted by Gasteiger charge is 2.27. The zero-order valence-corrected chi connectivity index (χ0v) is 12.1. The molecule has 2 atom stereocenters. The summed E-state index contributed by atoms with van der Waals surface area (Å²) in [4.78, 5) is 22.9. The Kier molecular flexibility index (Phi) is 9.30. The number of unbranched alkanes of at least 4 members (excludes halogenated alkanes) is 1. The Hall–Kier alpha value is -1.68. The molecular weight excluding hydrogens is 256 g/mol. The molecule has 0 rings (SSSR count). The molecule has 2 unspecified atom stereocenters. The predicted octanol–water partition coefficient (Wildman–Crippen LogP) is 2.58. The molecule has 0 fully saturated rings. The van der Waals surface area contributed by atoms with Crippen LogP contribution in [0.25, 0.3) is 0 Å².